The van der Waals surface area contributed by atoms with Crippen molar-refractivity contribution in [2.45, 2.75) is 29.2 Å². The quantitative estimate of drug-likeness (QED) is 0.504. The second kappa shape index (κ2) is 7.67. The van der Waals surface area contributed by atoms with Crippen LogP contribution in [0.5, 0.6) is 0 Å². The van der Waals surface area contributed by atoms with Gasteiger partial charge in [0.2, 0.25) is 26.6 Å². The Morgan fingerprint density at radius 2 is 1.75 bits per heavy atom. The third kappa shape index (κ3) is 3.71. The Bertz CT molecular complexity index is 1090. The minimum absolute atomic E-state index is 0.0127. The topological polar surface area (TPSA) is 63.4 Å². The molecule has 28 heavy (non-hydrogen) atoms. The van der Waals surface area contributed by atoms with E-state index in [0.29, 0.717) is 18.7 Å². The first-order chi connectivity index (χ1) is 13.4. The molecule has 0 saturated carbocycles. The molecule has 4 rings (SSSR count). The maximum atomic E-state index is 13.3. The van der Waals surface area contributed by atoms with Crippen LogP contribution >= 0.6 is 15.9 Å². The molecule has 0 amide bonds. The Kier molecular flexibility index (Phi) is 5.25. The van der Waals surface area contributed by atoms with Gasteiger partial charge in [0.25, 0.3) is 0 Å². The van der Waals surface area contributed by atoms with Crippen LogP contribution in [0.15, 0.2) is 67.3 Å². The van der Waals surface area contributed by atoms with Gasteiger partial charge in [0, 0.05) is 23.1 Å². The normalized spacial score (nSPS) is 15.0. The van der Waals surface area contributed by atoms with Crippen LogP contribution in [-0.2, 0) is 9.84 Å². The molecular weight excluding hydrogens is 447 g/mol. The summed E-state index contributed by atoms with van der Waals surface area (Å²) in [6, 6.07) is 12.1. The van der Waals surface area contributed by atoms with E-state index in [1.807, 2.05) is 29.2 Å². The molecule has 1 aliphatic heterocycles. The molecule has 0 bridgehead atoms. The van der Waals surface area contributed by atoms with Gasteiger partial charge in [-0.1, -0.05) is 22.0 Å². The lowest BCUT2D eigenvalue weighted by Gasteiger charge is -2.26. The highest BCUT2D eigenvalue weighted by atomic mass is 79.9. The molecule has 0 atom stereocenters. The molecule has 5 nitrogen and oxygen atoms in total. The molecule has 2 aromatic carbocycles. The molecule has 3 aromatic rings. The Labute approximate surface area is 171 Å². The van der Waals surface area contributed by atoms with Crippen LogP contribution in [0.3, 0.4) is 0 Å². The van der Waals surface area contributed by atoms with Crippen molar-refractivity contribution < 1.29 is 17.2 Å². The average molecular weight is 465 g/mol. The Morgan fingerprint density at radius 1 is 1.04 bits per heavy atom. The first kappa shape index (κ1) is 19.1. The number of piperidine rings is 1. The van der Waals surface area contributed by atoms with Crippen molar-refractivity contribution in [3.8, 4) is 11.5 Å². The molecule has 146 valence electrons. The van der Waals surface area contributed by atoms with Crippen LogP contribution in [0.1, 0.15) is 19.3 Å². The average Bonchev–Trinajstić information content (AvgIpc) is 3.15. The van der Waals surface area contributed by atoms with Crippen molar-refractivity contribution in [1.82, 2.24) is 4.98 Å². The number of halogens is 2. The third-order valence-corrected chi connectivity index (χ3v) is 6.83. The number of rotatable bonds is 4. The van der Waals surface area contributed by atoms with Gasteiger partial charge < -0.3 is 9.32 Å². The van der Waals surface area contributed by atoms with Crippen molar-refractivity contribution in [2.75, 3.05) is 18.0 Å². The van der Waals surface area contributed by atoms with Crippen LogP contribution in [-0.4, -0.2) is 26.5 Å². The number of nitrogens with zero attached hydrogens (tertiary/aromatic N) is 2. The summed E-state index contributed by atoms with van der Waals surface area (Å²) in [6.07, 6.45) is 3.02. The number of benzene rings is 2. The van der Waals surface area contributed by atoms with Crippen molar-refractivity contribution in [3.05, 3.63) is 58.8 Å². The highest BCUT2D eigenvalue weighted by molar-refractivity contribution is 9.10. The van der Waals surface area contributed by atoms with Gasteiger partial charge in [0.15, 0.2) is 0 Å². The maximum Gasteiger partial charge on any atom is 0.236 e. The summed E-state index contributed by atoms with van der Waals surface area (Å²) in [5.41, 5.74) is 0.674. The Balaban J connectivity index is 1.85. The summed E-state index contributed by atoms with van der Waals surface area (Å²) in [6.45, 7) is 1.41. The molecule has 1 aliphatic rings. The van der Waals surface area contributed by atoms with Gasteiger partial charge >= 0.3 is 0 Å². The van der Waals surface area contributed by atoms with Crippen LogP contribution in [0.4, 0.5) is 10.3 Å². The molecule has 0 unspecified atom stereocenters. The lowest BCUT2D eigenvalue weighted by Crippen LogP contribution is -2.30. The van der Waals surface area contributed by atoms with Gasteiger partial charge in [-0.2, -0.15) is 4.98 Å². The zero-order valence-electron chi connectivity index (χ0n) is 14.9. The van der Waals surface area contributed by atoms with Gasteiger partial charge in [0.1, 0.15) is 5.82 Å². The first-order valence-corrected chi connectivity index (χ1v) is 11.2. The number of oxazole rings is 1. The van der Waals surface area contributed by atoms with E-state index in [0.717, 1.165) is 35.9 Å². The second-order valence-electron chi connectivity index (χ2n) is 6.64. The van der Waals surface area contributed by atoms with Crippen molar-refractivity contribution in [3.63, 3.8) is 0 Å². The van der Waals surface area contributed by atoms with Crippen molar-refractivity contribution in [1.29, 1.82) is 0 Å². The molecular formula is C20H18BrFN2O3S. The molecule has 1 aromatic heterocycles. The van der Waals surface area contributed by atoms with E-state index >= 15 is 0 Å². The number of anilines is 1. The largest absolute Gasteiger partial charge is 0.419 e. The zero-order chi connectivity index (χ0) is 19.7. The summed E-state index contributed by atoms with van der Waals surface area (Å²) in [4.78, 5) is 6.27. The smallest absolute Gasteiger partial charge is 0.236 e. The van der Waals surface area contributed by atoms with Crippen LogP contribution < -0.4 is 4.90 Å². The summed E-state index contributed by atoms with van der Waals surface area (Å²) in [5.74, 6) is -0.00765. The molecule has 1 fully saturated rings. The number of hydrogen-bond donors (Lipinski definition) is 0. The summed E-state index contributed by atoms with van der Waals surface area (Å²) < 4.78 is 46.6. The fraction of sp³-hybridized carbons (Fsp3) is 0.250. The highest BCUT2D eigenvalue weighted by Crippen LogP contribution is 2.36. The molecule has 0 aliphatic carbocycles. The first-order valence-electron chi connectivity index (χ1n) is 8.97. The fourth-order valence-corrected chi connectivity index (χ4v) is 4.96. The third-order valence-electron chi connectivity index (χ3n) is 4.67. The van der Waals surface area contributed by atoms with E-state index in [2.05, 4.69) is 20.9 Å². The van der Waals surface area contributed by atoms with Gasteiger partial charge in [-0.15, -0.1) is 0 Å². The van der Waals surface area contributed by atoms with Gasteiger partial charge in [-0.05, 0) is 61.7 Å². The van der Waals surface area contributed by atoms with E-state index in [-0.39, 0.29) is 21.7 Å². The maximum absolute atomic E-state index is 13.3. The van der Waals surface area contributed by atoms with Crippen LogP contribution in [0.25, 0.3) is 11.5 Å². The molecule has 0 N–H and O–H groups in total. The molecule has 2 heterocycles. The lowest BCUT2D eigenvalue weighted by atomic mass is 10.1. The minimum atomic E-state index is -3.96. The number of aromatic nitrogens is 1. The van der Waals surface area contributed by atoms with E-state index in [1.165, 1.54) is 12.1 Å². The van der Waals surface area contributed by atoms with E-state index < -0.39 is 15.7 Å². The lowest BCUT2D eigenvalue weighted by molar-refractivity contribution is 0.499. The van der Waals surface area contributed by atoms with Gasteiger partial charge in [0.05, 0.1) is 4.90 Å². The zero-order valence-corrected chi connectivity index (χ0v) is 17.3. The van der Waals surface area contributed by atoms with Gasteiger partial charge in [-0.25, -0.2) is 12.8 Å². The molecule has 0 radical (unpaired) electrons. The fourth-order valence-electron chi connectivity index (χ4n) is 3.24. The standard InChI is InChI=1S/C20H18BrFN2O3S/c21-15-6-4-5-14(13-15)18-23-19(20(27-18)24-11-2-1-3-12-24)28(25,26)17-9-7-16(22)8-10-17/h4-10,13H,1-3,11-12H2. The van der Waals surface area contributed by atoms with Crippen molar-refractivity contribution in [2.24, 2.45) is 0 Å². The summed E-state index contributed by atoms with van der Waals surface area (Å²) >= 11 is 3.41. The van der Waals surface area contributed by atoms with Crippen LogP contribution in [0, 0.1) is 5.82 Å². The predicted molar refractivity (Wildman–Crippen MR) is 108 cm³/mol. The minimum Gasteiger partial charge on any atom is -0.419 e. The van der Waals surface area contributed by atoms with E-state index in [1.54, 1.807) is 0 Å². The monoisotopic (exact) mass is 464 g/mol. The summed E-state index contributed by atoms with van der Waals surface area (Å²) in [5, 5.41) is -0.129. The second-order valence-corrected chi connectivity index (χ2v) is 9.43. The van der Waals surface area contributed by atoms with E-state index in [9.17, 15) is 12.8 Å². The highest BCUT2D eigenvalue weighted by Gasteiger charge is 2.32. The number of sulfone groups is 1. The Morgan fingerprint density at radius 3 is 2.43 bits per heavy atom. The molecule has 0 spiro atoms. The number of hydrogen-bond acceptors (Lipinski definition) is 5. The predicted octanol–water partition coefficient (Wildman–Crippen LogP) is 5.07. The van der Waals surface area contributed by atoms with Gasteiger partial charge in [-0.3, -0.25) is 0 Å². The van der Waals surface area contributed by atoms with Crippen LogP contribution in [0.2, 0.25) is 0 Å². The SMILES string of the molecule is O=S(=O)(c1ccc(F)cc1)c1nc(-c2cccc(Br)c2)oc1N1CCCCC1. The Hall–Kier alpha value is -2.19. The summed E-state index contributed by atoms with van der Waals surface area (Å²) in [7, 11) is -3.96. The van der Waals surface area contributed by atoms with Crippen molar-refractivity contribution >= 4 is 31.7 Å². The van der Waals surface area contributed by atoms with E-state index in [4.69, 9.17) is 4.42 Å². The molecule has 1 saturated heterocycles. The molecule has 8 heteroatoms.